The largest absolute Gasteiger partial charge is 0.489 e. The molecule has 0 atom stereocenters. The van der Waals surface area contributed by atoms with Gasteiger partial charge in [0.15, 0.2) is 0 Å². The first kappa shape index (κ1) is 10.6. The second kappa shape index (κ2) is 4.68. The van der Waals surface area contributed by atoms with Gasteiger partial charge in [0, 0.05) is 9.50 Å². The molecule has 0 aliphatic heterocycles. The van der Waals surface area contributed by atoms with Gasteiger partial charge in [0.1, 0.15) is 12.4 Å². The zero-order valence-electron chi connectivity index (χ0n) is 7.31. The zero-order chi connectivity index (χ0) is 9.84. The predicted molar refractivity (Wildman–Crippen MR) is 59.5 cm³/mol. The van der Waals surface area contributed by atoms with E-state index in [1.165, 1.54) is 0 Å². The van der Waals surface area contributed by atoms with Crippen molar-refractivity contribution in [1.29, 1.82) is 0 Å². The molecule has 0 heterocycles. The van der Waals surface area contributed by atoms with Gasteiger partial charge in [-0.05, 0) is 30.7 Å². The Kier molecular flexibility index (Phi) is 3.82. The van der Waals surface area contributed by atoms with E-state index >= 15 is 0 Å². The monoisotopic (exact) mass is 260 g/mol. The fraction of sp³-hybridized carbons (Fsp3) is 0.200. The minimum Gasteiger partial charge on any atom is -0.489 e. The topological polar surface area (TPSA) is 9.23 Å². The molecule has 0 amide bonds. The zero-order valence-corrected chi connectivity index (χ0v) is 9.65. The van der Waals surface area contributed by atoms with Crippen LogP contribution in [0.2, 0.25) is 5.02 Å². The lowest BCUT2D eigenvalue weighted by Crippen LogP contribution is -1.97. The van der Waals surface area contributed by atoms with Crippen LogP contribution in [0.4, 0.5) is 0 Å². The van der Waals surface area contributed by atoms with Crippen molar-refractivity contribution in [2.75, 3.05) is 6.61 Å². The van der Waals surface area contributed by atoms with E-state index in [0.717, 1.165) is 15.8 Å². The molecule has 0 unspecified atom stereocenters. The van der Waals surface area contributed by atoms with E-state index in [1.807, 2.05) is 19.1 Å². The highest BCUT2D eigenvalue weighted by Crippen LogP contribution is 2.24. The van der Waals surface area contributed by atoms with Crippen LogP contribution in [0.3, 0.4) is 0 Å². The van der Waals surface area contributed by atoms with Crippen LogP contribution in [0.15, 0.2) is 34.8 Å². The number of ether oxygens (including phenoxy) is 1. The van der Waals surface area contributed by atoms with Crippen LogP contribution < -0.4 is 4.74 Å². The lowest BCUT2D eigenvalue weighted by atomic mass is 10.3. The molecule has 70 valence electrons. The van der Waals surface area contributed by atoms with Crippen molar-refractivity contribution < 1.29 is 4.74 Å². The molecule has 0 saturated heterocycles. The van der Waals surface area contributed by atoms with E-state index in [4.69, 9.17) is 16.3 Å². The summed E-state index contributed by atoms with van der Waals surface area (Å²) in [6.07, 6.45) is 0. The Morgan fingerprint density at radius 3 is 2.77 bits per heavy atom. The summed E-state index contributed by atoms with van der Waals surface area (Å²) in [7, 11) is 0. The van der Waals surface area contributed by atoms with E-state index < -0.39 is 0 Å². The van der Waals surface area contributed by atoms with Crippen molar-refractivity contribution >= 4 is 27.5 Å². The summed E-state index contributed by atoms with van der Waals surface area (Å²) in [5, 5.41) is 0.658. The third-order valence-electron chi connectivity index (χ3n) is 1.32. The van der Waals surface area contributed by atoms with Crippen molar-refractivity contribution in [2.45, 2.75) is 6.92 Å². The summed E-state index contributed by atoms with van der Waals surface area (Å²) >= 11 is 9.17. The molecule has 0 saturated carbocycles. The Hall–Kier alpha value is -0.470. The number of benzene rings is 1. The number of hydrogen-bond donors (Lipinski definition) is 0. The van der Waals surface area contributed by atoms with Crippen molar-refractivity contribution in [3.63, 3.8) is 0 Å². The molecule has 1 aromatic carbocycles. The lowest BCUT2D eigenvalue weighted by Gasteiger charge is -2.06. The average molecular weight is 262 g/mol. The van der Waals surface area contributed by atoms with Crippen LogP contribution in [0.5, 0.6) is 5.75 Å². The maximum Gasteiger partial charge on any atom is 0.122 e. The summed E-state index contributed by atoms with van der Waals surface area (Å²) in [4.78, 5) is 0. The molecule has 0 N–H and O–H groups in total. The van der Waals surface area contributed by atoms with E-state index in [0.29, 0.717) is 11.6 Å². The predicted octanol–water partition coefficient (Wildman–Crippen LogP) is 4.06. The summed E-state index contributed by atoms with van der Waals surface area (Å²) in [6, 6.07) is 5.46. The molecule has 0 aliphatic rings. The van der Waals surface area contributed by atoms with Gasteiger partial charge in [0.05, 0.1) is 0 Å². The summed E-state index contributed by atoms with van der Waals surface area (Å²) in [6.45, 7) is 6.18. The van der Waals surface area contributed by atoms with Crippen molar-refractivity contribution in [3.05, 3.63) is 39.8 Å². The van der Waals surface area contributed by atoms with Gasteiger partial charge in [0.2, 0.25) is 0 Å². The van der Waals surface area contributed by atoms with Crippen molar-refractivity contribution in [3.8, 4) is 5.75 Å². The maximum absolute atomic E-state index is 5.83. The highest BCUT2D eigenvalue weighted by Gasteiger charge is 1.98. The Morgan fingerprint density at radius 2 is 2.23 bits per heavy atom. The van der Waals surface area contributed by atoms with Gasteiger partial charge in [-0.3, -0.25) is 0 Å². The average Bonchev–Trinajstić information content (AvgIpc) is 1.99. The molecule has 0 bridgehead atoms. The Balaban J connectivity index is 2.71. The minimum absolute atomic E-state index is 0.521. The third-order valence-corrected chi connectivity index (χ3v) is 2.00. The number of halogens is 2. The fourth-order valence-corrected chi connectivity index (χ4v) is 1.65. The normalized spacial score (nSPS) is 9.77. The first-order valence-electron chi connectivity index (χ1n) is 3.81. The Labute approximate surface area is 91.5 Å². The van der Waals surface area contributed by atoms with Crippen LogP contribution in [-0.4, -0.2) is 6.61 Å². The molecule has 0 fully saturated rings. The molecular formula is C10H10BrClO. The second-order valence-corrected chi connectivity index (χ2v) is 4.20. The first-order chi connectivity index (χ1) is 6.08. The van der Waals surface area contributed by atoms with E-state index in [-0.39, 0.29) is 0 Å². The molecule has 1 nitrogen and oxygen atoms in total. The number of hydrogen-bond acceptors (Lipinski definition) is 1. The molecule has 1 rings (SSSR count). The van der Waals surface area contributed by atoms with Crippen molar-refractivity contribution in [2.24, 2.45) is 0 Å². The smallest absolute Gasteiger partial charge is 0.122 e. The van der Waals surface area contributed by atoms with Gasteiger partial charge in [-0.1, -0.05) is 34.1 Å². The Bertz CT molecular complexity index is 302. The molecule has 1 aromatic rings. The number of rotatable bonds is 3. The molecular weight excluding hydrogens is 251 g/mol. The van der Waals surface area contributed by atoms with Crippen LogP contribution in [0.25, 0.3) is 0 Å². The van der Waals surface area contributed by atoms with Crippen molar-refractivity contribution in [1.82, 2.24) is 0 Å². The van der Waals surface area contributed by atoms with Crippen LogP contribution in [0, 0.1) is 0 Å². The Morgan fingerprint density at radius 1 is 1.54 bits per heavy atom. The molecule has 0 aromatic heterocycles. The van der Waals surface area contributed by atoms with Gasteiger partial charge in [-0.15, -0.1) is 0 Å². The van der Waals surface area contributed by atoms with Gasteiger partial charge in [0.25, 0.3) is 0 Å². The molecule has 0 aliphatic carbocycles. The second-order valence-electron chi connectivity index (χ2n) is 2.85. The molecule has 0 spiro atoms. The van der Waals surface area contributed by atoms with Crippen LogP contribution >= 0.6 is 27.5 Å². The van der Waals surface area contributed by atoms with E-state index in [2.05, 4.69) is 22.5 Å². The van der Waals surface area contributed by atoms with Gasteiger partial charge in [-0.2, -0.15) is 0 Å². The maximum atomic E-state index is 5.83. The fourth-order valence-electron chi connectivity index (χ4n) is 0.818. The molecule has 13 heavy (non-hydrogen) atoms. The quantitative estimate of drug-likeness (QED) is 0.746. The van der Waals surface area contributed by atoms with Gasteiger partial charge < -0.3 is 4.74 Å². The first-order valence-corrected chi connectivity index (χ1v) is 4.98. The van der Waals surface area contributed by atoms with E-state index in [9.17, 15) is 0 Å². The highest BCUT2D eigenvalue weighted by atomic mass is 79.9. The third kappa shape index (κ3) is 3.83. The summed E-state index contributed by atoms with van der Waals surface area (Å²) in [5.74, 6) is 0.752. The highest BCUT2D eigenvalue weighted by molar-refractivity contribution is 9.10. The SMILES string of the molecule is C=C(C)COc1cc(Cl)cc(Br)c1. The van der Waals surface area contributed by atoms with Crippen LogP contribution in [0.1, 0.15) is 6.92 Å². The standard InChI is InChI=1S/C10H10BrClO/c1-7(2)6-13-10-4-8(11)3-9(12)5-10/h3-5H,1,6H2,2H3. The van der Waals surface area contributed by atoms with Gasteiger partial charge in [-0.25, -0.2) is 0 Å². The summed E-state index contributed by atoms with van der Waals surface area (Å²) < 4.78 is 6.33. The lowest BCUT2D eigenvalue weighted by molar-refractivity contribution is 0.352. The van der Waals surface area contributed by atoms with Gasteiger partial charge >= 0.3 is 0 Å². The molecule has 0 radical (unpaired) electrons. The van der Waals surface area contributed by atoms with E-state index in [1.54, 1.807) is 6.07 Å². The molecule has 3 heteroatoms. The minimum atomic E-state index is 0.521. The van der Waals surface area contributed by atoms with Crippen LogP contribution in [-0.2, 0) is 0 Å². The summed E-state index contributed by atoms with van der Waals surface area (Å²) in [5.41, 5.74) is 0.982.